The molecule has 6 rings (SSSR count). The van der Waals surface area contributed by atoms with Crippen molar-refractivity contribution in [2.75, 3.05) is 13.1 Å². The molecule has 0 aromatic heterocycles. The van der Waals surface area contributed by atoms with Crippen LogP contribution in [0.2, 0.25) is 0 Å². The highest BCUT2D eigenvalue weighted by Crippen LogP contribution is 2.47. The van der Waals surface area contributed by atoms with Crippen molar-refractivity contribution < 1.29 is 33.8 Å². The lowest BCUT2D eigenvalue weighted by Gasteiger charge is -2.30. The van der Waals surface area contributed by atoms with Crippen molar-refractivity contribution >= 4 is 29.9 Å². The summed E-state index contributed by atoms with van der Waals surface area (Å²) < 4.78 is 5.92. The highest BCUT2D eigenvalue weighted by atomic mass is 16.6. The molecule has 5 aliphatic rings. The number of ether oxygens (including phenoxy) is 1. The molecule has 5 amide bonds. The number of aliphatic carboxylic acids is 1. The fourth-order valence-corrected chi connectivity index (χ4v) is 7.88. The minimum absolute atomic E-state index is 0.0149. The third-order valence-electron chi connectivity index (χ3n) is 10.7. The summed E-state index contributed by atoms with van der Waals surface area (Å²) in [6.07, 6.45) is 9.26. The molecule has 2 saturated carbocycles. The molecule has 3 heterocycles. The van der Waals surface area contributed by atoms with E-state index in [-0.39, 0.29) is 24.9 Å². The Morgan fingerprint density at radius 1 is 0.913 bits per heavy atom. The summed E-state index contributed by atoms with van der Waals surface area (Å²) >= 11 is 0. The molecule has 4 fully saturated rings. The van der Waals surface area contributed by atoms with Crippen molar-refractivity contribution in [2.24, 2.45) is 5.92 Å². The first-order valence-corrected chi connectivity index (χ1v) is 17.2. The smallest absolute Gasteiger partial charge is 0.410 e. The maximum atomic E-state index is 14.2. The second-order valence-corrected chi connectivity index (χ2v) is 13.9. The molecule has 250 valence electrons. The molecule has 0 spiro atoms. The van der Waals surface area contributed by atoms with Gasteiger partial charge in [0.25, 0.3) is 0 Å². The SMILES string of the molecule is O=C(NC1CCCC1)N[C@H]1CCCCCCC[C@@H]2C[C@@]2(C(=O)O)NC(=O)[C@@H]2C[C@@H](OC(=O)N3CCc4ccccc4C3)CN2C1=O. The molecule has 12 nitrogen and oxygen atoms in total. The Morgan fingerprint density at radius 2 is 1.61 bits per heavy atom. The zero-order valence-corrected chi connectivity index (χ0v) is 26.5. The molecular weight excluding hydrogens is 590 g/mol. The van der Waals surface area contributed by atoms with Gasteiger partial charge in [-0.15, -0.1) is 0 Å². The van der Waals surface area contributed by atoms with Gasteiger partial charge in [0.05, 0.1) is 6.54 Å². The number of hydrogen-bond acceptors (Lipinski definition) is 6. The third kappa shape index (κ3) is 7.10. The summed E-state index contributed by atoms with van der Waals surface area (Å²) in [5, 5.41) is 18.8. The van der Waals surface area contributed by atoms with E-state index < -0.39 is 53.6 Å². The Bertz CT molecular complexity index is 1330. The van der Waals surface area contributed by atoms with Gasteiger partial charge in [0.2, 0.25) is 11.8 Å². The van der Waals surface area contributed by atoms with Crippen LogP contribution in [0.4, 0.5) is 9.59 Å². The fraction of sp³-hybridized carbons (Fsp3) is 0.676. The second kappa shape index (κ2) is 13.9. The van der Waals surface area contributed by atoms with E-state index in [1.165, 1.54) is 10.5 Å². The summed E-state index contributed by atoms with van der Waals surface area (Å²) in [6, 6.07) is 5.74. The Balaban J connectivity index is 1.20. The molecule has 0 radical (unpaired) electrons. The van der Waals surface area contributed by atoms with E-state index in [1.807, 2.05) is 18.2 Å². The number of nitrogens with one attached hydrogen (secondary N) is 3. The molecule has 3 aliphatic heterocycles. The van der Waals surface area contributed by atoms with Crippen LogP contribution in [0.1, 0.15) is 94.6 Å². The molecule has 2 saturated heterocycles. The van der Waals surface area contributed by atoms with Gasteiger partial charge in [-0.2, -0.15) is 0 Å². The minimum atomic E-state index is -1.35. The van der Waals surface area contributed by atoms with E-state index in [0.29, 0.717) is 38.8 Å². The zero-order chi connectivity index (χ0) is 32.3. The van der Waals surface area contributed by atoms with Gasteiger partial charge in [-0.25, -0.2) is 14.4 Å². The maximum Gasteiger partial charge on any atom is 0.410 e. The van der Waals surface area contributed by atoms with E-state index >= 15 is 0 Å². The van der Waals surface area contributed by atoms with Crippen LogP contribution < -0.4 is 16.0 Å². The van der Waals surface area contributed by atoms with Crippen LogP contribution in [0.3, 0.4) is 0 Å². The number of carbonyl (C=O) groups excluding carboxylic acids is 4. The van der Waals surface area contributed by atoms with Gasteiger partial charge in [-0.05, 0) is 55.6 Å². The van der Waals surface area contributed by atoms with Gasteiger partial charge < -0.3 is 35.6 Å². The van der Waals surface area contributed by atoms with Gasteiger partial charge >= 0.3 is 18.1 Å². The number of urea groups is 1. The molecular formula is C34H47N5O7. The Hall–Kier alpha value is -3.83. The molecule has 5 atom stereocenters. The van der Waals surface area contributed by atoms with Crippen molar-refractivity contribution in [3.63, 3.8) is 0 Å². The molecule has 12 heteroatoms. The molecule has 46 heavy (non-hydrogen) atoms. The number of nitrogens with zero attached hydrogens (tertiary/aromatic N) is 2. The van der Waals surface area contributed by atoms with Gasteiger partial charge in [0, 0.05) is 25.6 Å². The lowest BCUT2D eigenvalue weighted by molar-refractivity contribution is -0.145. The summed E-state index contributed by atoms with van der Waals surface area (Å²) in [7, 11) is 0. The fourth-order valence-electron chi connectivity index (χ4n) is 7.88. The monoisotopic (exact) mass is 637 g/mol. The zero-order valence-electron chi connectivity index (χ0n) is 26.5. The lowest BCUT2D eigenvalue weighted by Crippen LogP contribution is -2.57. The molecule has 0 bridgehead atoms. The van der Waals surface area contributed by atoms with Crippen molar-refractivity contribution in [1.29, 1.82) is 0 Å². The van der Waals surface area contributed by atoms with Gasteiger partial charge in [0.15, 0.2) is 0 Å². The highest BCUT2D eigenvalue weighted by molar-refractivity contribution is 5.96. The topological polar surface area (TPSA) is 157 Å². The van der Waals surface area contributed by atoms with Crippen molar-refractivity contribution in [2.45, 2.75) is 126 Å². The number of carbonyl (C=O) groups is 5. The number of amides is 5. The summed E-state index contributed by atoms with van der Waals surface area (Å²) in [6.45, 7) is 0.900. The highest BCUT2D eigenvalue weighted by Gasteiger charge is 2.62. The predicted octanol–water partition coefficient (Wildman–Crippen LogP) is 3.47. The quantitative estimate of drug-likeness (QED) is 0.394. The third-order valence-corrected chi connectivity index (χ3v) is 10.7. The number of benzene rings is 1. The average Bonchev–Trinajstić information content (AvgIpc) is 3.32. The van der Waals surface area contributed by atoms with Crippen LogP contribution in [0.5, 0.6) is 0 Å². The first-order valence-electron chi connectivity index (χ1n) is 17.2. The van der Waals surface area contributed by atoms with E-state index in [1.54, 1.807) is 4.90 Å². The predicted molar refractivity (Wildman–Crippen MR) is 168 cm³/mol. The van der Waals surface area contributed by atoms with Crippen molar-refractivity contribution in [3.8, 4) is 0 Å². The first kappa shape index (κ1) is 32.1. The van der Waals surface area contributed by atoms with E-state index in [2.05, 4.69) is 22.0 Å². The van der Waals surface area contributed by atoms with Crippen LogP contribution in [0.25, 0.3) is 0 Å². The number of fused-ring (bicyclic) bond motifs is 3. The normalized spacial score (nSPS) is 30.5. The van der Waals surface area contributed by atoms with Crippen LogP contribution in [0, 0.1) is 5.92 Å². The molecule has 1 aromatic carbocycles. The van der Waals surface area contributed by atoms with Crippen molar-refractivity contribution in [1.82, 2.24) is 25.8 Å². The molecule has 4 N–H and O–H groups in total. The van der Waals surface area contributed by atoms with E-state index in [0.717, 1.165) is 63.4 Å². The van der Waals surface area contributed by atoms with Gasteiger partial charge in [-0.1, -0.05) is 69.2 Å². The first-order chi connectivity index (χ1) is 22.2. The van der Waals surface area contributed by atoms with Crippen LogP contribution in [-0.4, -0.2) is 87.7 Å². The standard InChI is InChI=1S/C34H47N5O7/c40-29-28-18-26(46-33(45)38-17-16-22-10-6-7-11-23(22)20-38)21-39(28)30(41)27(36-32(44)35-25-13-8-9-14-25)15-5-3-1-2-4-12-24-19-34(24,37-29)31(42)43/h6-7,10-11,24-28H,1-5,8-9,12-21H2,(H,37,40)(H,42,43)(H2,35,36,44)/t24-,26-,27+,28+,34-/m1/s1. The van der Waals surface area contributed by atoms with Gasteiger partial charge in [0.1, 0.15) is 23.7 Å². The number of carboxylic acids is 1. The lowest BCUT2D eigenvalue weighted by atomic mass is 10.0. The number of carboxylic acid groups (broad SMARTS) is 1. The molecule has 0 unspecified atom stereocenters. The second-order valence-electron chi connectivity index (χ2n) is 13.9. The van der Waals surface area contributed by atoms with Crippen LogP contribution in [0.15, 0.2) is 24.3 Å². The summed E-state index contributed by atoms with van der Waals surface area (Å²) in [5.74, 6) is -2.21. The summed E-state index contributed by atoms with van der Waals surface area (Å²) in [5.41, 5.74) is 0.907. The van der Waals surface area contributed by atoms with Crippen LogP contribution >= 0.6 is 0 Å². The maximum absolute atomic E-state index is 14.2. The van der Waals surface area contributed by atoms with E-state index in [9.17, 15) is 29.1 Å². The minimum Gasteiger partial charge on any atom is -0.479 e. The molecule has 1 aromatic rings. The van der Waals surface area contributed by atoms with E-state index in [4.69, 9.17) is 4.74 Å². The largest absolute Gasteiger partial charge is 0.479 e. The van der Waals surface area contributed by atoms with Crippen LogP contribution in [-0.2, 0) is 32.1 Å². The Kier molecular flexibility index (Phi) is 9.70. The Labute approximate surface area is 270 Å². The number of hydrogen-bond donors (Lipinski definition) is 4. The summed E-state index contributed by atoms with van der Waals surface area (Å²) in [4.78, 5) is 69.8. The number of rotatable bonds is 4. The Morgan fingerprint density at radius 3 is 2.37 bits per heavy atom. The van der Waals surface area contributed by atoms with Gasteiger partial charge in [-0.3, -0.25) is 9.59 Å². The molecule has 2 aliphatic carbocycles. The van der Waals surface area contributed by atoms with Crippen molar-refractivity contribution in [3.05, 3.63) is 35.4 Å². The average molecular weight is 638 g/mol.